The third-order valence-electron chi connectivity index (χ3n) is 4.95. The van der Waals surface area contributed by atoms with Crippen molar-refractivity contribution in [1.29, 1.82) is 0 Å². The molecule has 1 aromatic carbocycles. The van der Waals surface area contributed by atoms with E-state index < -0.39 is 11.9 Å². The Labute approximate surface area is 199 Å². The third kappa shape index (κ3) is 5.29. The molecule has 1 N–H and O–H groups in total. The van der Waals surface area contributed by atoms with E-state index >= 15 is 0 Å². The molecule has 2 heterocycles. The third-order valence-corrected chi connectivity index (χ3v) is 6.47. The summed E-state index contributed by atoms with van der Waals surface area (Å²) in [5.74, 6) is 0.00919. The van der Waals surface area contributed by atoms with E-state index in [4.69, 9.17) is 23.2 Å². The molecule has 1 aliphatic rings. The van der Waals surface area contributed by atoms with Gasteiger partial charge in [-0.25, -0.2) is 0 Å². The first-order valence-electron chi connectivity index (χ1n) is 9.72. The topological polar surface area (TPSA) is 64.7 Å². The van der Waals surface area contributed by atoms with Gasteiger partial charge in [0.2, 0.25) is 5.91 Å². The molecule has 170 valence electrons. The lowest BCUT2D eigenvalue weighted by Gasteiger charge is -2.07. The fraction of sp³-hybridized carbons (Fsp3) is 0.350. The molecule has 4 rings (SSSR count). The van der Waals surface area contributed by atoms with Gasteiger partial charge < -0.3 is 5.32 Å². The maximum absolute atomic E-state index is 13.2. The lowest BCUT2D eigenvalue weighted by atomic mass is 10.2. The maximum Gasteiger partial charge on any atom is 0.436 e. The van der Waals surface area contributed by atoms with Crippen LogP contribution in [0.15, 0.2) is 34.9 Å². The average molecular weight is 551 g/mol. The van der Waals surface area contributed by atoms with Crippen molar-refractivity contribution in [3.05, 3.63) is 61.9 Å². The summed E-state index contributed by atoms with van der Waals surface area (Å²) in [7, 11) is 0. The van der Waals surface area contributed by atoms with Crippen molar-refractivity contribution in [2.45, 2.75) is 44.4 Å². The minimum Gasteiger partial charge on any atom is -0.309 e. The number of hydrogen-bond acceptors (Lipinski definition) is 3. The highest BCUT2D eigenvalue weighted by atomic mass is 79.9. The molecule has 0 atom stereocenters. The Morgan fingerprint density at radius 2 is 1.94 bits per heavy atom. The lowest BCUT2D eigenvalue weighted by Crippen LogP contribution is -2.17. The number of carbonyl (C=O) groups is 1. The quantitative estimate of drug-likeness (QED) is 0.385. The molecule has 6 nitrogen and oxygen atoms in total. The van der Waals surface area contributed by atoms with Gasteiger partial charge >= 0.3 is 6.18 Å². The van der Waals surface area contributed by atoms with E-state index in [2.05, 4.69) is 31.4 Å². The summed E-state index contributed by atoms with van der Waals surface area (Å²) in [6, 6.07) is 6.89. The number of hydrogen-bond donors (Lipinski definition) is 1. The van der Waals surface area contributed by atoms with Gasteiger partial charge in [-0.3, -0.25) is 14.2 Å². The van der Waals surface area contributed by atoms with Gasteiger partial charge in [-0.1, -0.05) is 29.3 Å². The number of aryl methyl sites for hydroxylation is 1. The van der Waals surface area contributed by atoms with Gasteiger partial charge in [-0.2, -0.15) is 23.4 Å². The number of rotatable bonds is 7. The van der Waals surface area contributed by atoms with Crippen molar-refractivity contribution in [2.75, 3.05) is 5.32 Å². The molecule has 1 saturated carbocycles. The largest absolute Gasteiger partial charge is 0.436 e. The summed E-state index contributed by atoms with van der Waals surface area (Å²) >= 11 is 15.0. The second-order valence-corrected chi connectivity index (χ2v) is 9.10. The molecule has 0 bridgehead atoms. The van der Waals surface area contributed by atoms with Crippen LogP contribution in [0.25, 0.3) is 0 Å². The van der Waals surface area contributed by atoms with Crippen LogP contribution in [-0.2, 0) is 24.1 Å². The molecule has 1 amide bonds. The number of alkyl halides is 3. The van der Waals surface area contributed by atoms with E-state index in [9.17, 15) is 18.0 Å². The van der Waals surface area contributed by atoms with Gasteiger partial charge in [0.05, 0.1) is 33.3 Å². The zero-order valence-corrected chi connectivity index (χ0v) is 19.6. The second-order valence-electron chi connectivity index (χ2n) is 7.49. The number of aromatic nitrogens is 4. The maximum atomic E-state index is 13.2. The van der Waals surface area contributed by atoms with E-state index in [-0.39, 0.29) is 29.3 Å². The van der Waals surface area contributed by atoms with Crippen LogP contribution in [0.1, 0.15) is 42.1 Å². The van der Waals surface area contributed by atoms with Gasteiger partial charge in [-0.05, 0) is 46.5 Å². The number of nitrogens with zero attached hydrogens (tertiary/aromatic N) is 4. The molecule has 0 unspecified atom stereocenters. The molecular formula is C20H17BrCl2F3N5O. The molecule has 2 aromatic heterocycles. The van der Waals surface area contributed by atoms with E-state index in [1.54, 1.807) is 29.1 Å². The smallest absolute Gasteiger partial charge is 0.309 e. The lowest BCUT2D eigenvalue weighted by molar-refractivity contribution is -0.142. The highest BCUT2D eigenvalue weighted by Crippen LogP contribution is 2.47. The molecule has 12 heteroatoms. The number of benzene rings is 1. The number of anilines is 1. The monoisotopic (exact) mass is 549 g/mol. The Bertz CT molecular complexity index is 1160. The minimum atomic E-state index is -4.56. The van der Waals surface area contributed by atoms with Gasteiger partial charge in [0.1, 0.15) is 0 Å². The van der Waals surface area contributed by atoms with Crippen LogP contribution in [0.5, 0.6) is 0 Å². The summed E-state index contributed by atoms with van der Waals surface area (Å²) in [6.45, 7) is 0.468. The summed E-state index contributed by atoms with van der Waals surface area (Å²) < 4.78 is 42.5. The molecule has 3 aromatic rings. The van der Waals surface area contributed by atoms with E-state index in [1.807, 2.05) is 6.07 Å². The standard InChI is InChI=1S/C20H17BrCl2F3N5O/c21-17-18(12-2-3-12)31(29-19(17)20(24,25)26)8-6-16(32)27-15-5-7-30(28-15)10-11-1-4-13(22)14(23)9-11/h1,4-5,7,9,12H,2-3,6,8,10H2,(H,27,28,32). The predicted octanol–water partition coefficient (Wildman–Crippen LogP) is 6.12. The number of amides is 1. The van der Waals surface area contributed by atoms with E-state index in [0.29, 0.717) is 28.1 Å². The molecular weight excluding hydrogens is 534 g/mol. The van der Waals surface area contributed by atoms with Gasteiger partial charge in [0.15, 0.2) is 11.5 Å². The Balaban J connectivity index is 1.37. The highest BCUT2D eigenvalue weighted by Gasteiger charge is 2.41. The van der Waals surface area contributed by atoms with Crippen molar-refractivity contribution in [1.82, 2.24) is 19.6 Å². The Kier molecular flexibility index (Phi) is 6.56. The summed E-state index contributed by atoms with van der Waals surface area (Å²) in [6.07, 6.45) is -1.28. The van der Waals surface area contributed by atoms with E-state index in [0.717, 1.165) is 18.4 Å². The summed E-state index contributed by atoms with van der Waals surface area (Å²) in [5, 5.41) is 11.6. The van der Waals surface area contributed by atoms with Crippen molar-refractivity contribution in [3.8, 4) is 0 Å². The van der Waals surface area contributed by atoms with Crippen molar-refractivity contribution >= 4 is 50.9 Å². The first-order chi connectivity index (χ1) is 15.1. The van der Waals surface area contributed by atoms with Crippen LogP contribution in [0, 0.1) is 0 Å². The number of halogens is 6. The van der Waals surface area contributed by atoms with Gasteiger partial charge in [0, 0.05) is 24.6 Å². The fourth-order valence-electron chi connectivity index (χ4n) is 3.31. The second kappa shape index (κ2) is 9.07. The number of nitrogens with one attached hydrogen (secondary N) is 1. The summed E-state index contributed by atoms with van der Waals surface area (Å²) in [4.78, 5) is 12.4. The fourth-order valence-corrected chi connectivity index (χ4v) is 4.46. The van der Waals surface area contributed by atoms with E-state index in [1.165, 1.54) is 4.68 Å². The Morgan fingerprint density at radius 1 is 1.19 bits per heavy atom. The van der Waals surface area contributed by atoms with Crippen molar-refractivity contribution in [3.63, 3.8) is 0 Å². The number of carbonyl (C=O) groups excluding carboxylic acids is 1. The molecule has 0 aliphatic heterocycles. The molecule has 0 radical (unpaired) electrons. The Morgan fingerprint density at radius 3 is 2.59 bits per heavy atom. The average Bonchev–Trinajstić information content (AvgIpc) is 3.35. The van der Waals surface area contributed by atoms with Crippen LogP contribution in [0.2, 0.25) is 10.0 Å². The first kappa shape index (κ1) is 23.1. The summed E-state index contributed by atoms with van der Waals surface area (Å²) in [5.41, 5.74) is 0.426. The zero-order chi connectivity index (χ0) is 23.0. The van der Waals surface area contributed by atoms with Crippen LogP contribution < -0.4 is 5.32 Å². The molecule has 0 saturated heterocycles. The predicted molar refractivity (Wildman–Crippen MR) is 118 cm³/mol. The minimum absolute atomic E-state index is 0.0334. The van der Waals surface area contributed by atoms with Crippen molar-refractivity contribution < 1.29 is 18.0 Å². The van der Waals surface area contributed by atoms with Crippen LogP contribution >= 0.6 is 39.1 Å². The molecule has 1 fully saturated rings. The molecule has 0 spiro atoms. The highest BCUT2D eigenvalue weighted by molar-refractivity contribution is 9.10. The van der Waals surface area contributed by atoms with Crippen LogP contribution in [0.3, 0.4) is 0 Å². The zero-order valence-electron chi connectivity index (χ0n) is 16.5. The van der Waals surface area contributed by atoms with Crippen LogP contribution in [0.4, 0.5) is 19.0 Å². The molecule has 32 heavy (non-hydrogen) atoms. The SMILES string of the molecule is O=C(CCn1nc(C(F)(F)F)c(Br)c1C1CC1)Nc1ccn(Cc2ccc(Cl)c(Cl)c2)n1. The normalized spacial score (nSPS) is 14.1. The van der Waals surface area contributed by atoms with Gasteiger partial charge in [0.25, 0.3) is 0 Å². The molecule has 1 aliphatic carbocycles. The first-order valence-corrected chi connectivity index (χ1v) is 11.3. The Hall–Kier alpha value is -2.04. The van der Waals surface area contributed by atoms with Crippen molar-refractivity contribution in [2.24, 2.45) is 0 Å². The van der Waals surface area contributed by atoms with Gasteiger partial charge in [-0.15, -0.1) is 0 Å². The van der Waals surface area contributed by atoms with Crippen LogP contribution in [-0.4, -0.2) is 25.5 Å².